The van der Waals surface area contributed by atoms with Gasteiger partial charge in [0.25, 0.3) is 5.91 Å². The van der Waals surface area contributed by atoms with E-state index in [1.54, 1.807) is 0 Å². The number of carbonyl (C=O) groups excluding carboxylic acids is 2. The first-order valence-corrected chi connectivity index (χ1v) is 16.7. The molecule has 1 N–H and O–H groups in total. The first-order valence-electron chi connectivity index (χ1n) is 16.7. The smallest absolute Gasteiger partial charge is 0.254 e. The lowest BCUT2D eigenvalue weighted by atomic mass is 9.68. The van der Waals surface area contributed by atoms with Crippen molar-refractivity contribution in [1.82, 2.24) is 15.1 Å². The maximum atomic E-state index is 13.9. The molecule has 0 aromatic heterocycles. The number of likely N-dealkylation sites (N-methyl/N-ethyl adjacent to an activating group) is 1. The highest BCUT2D eigenvalue weighted by atomic mass is 16.5. The summed E-state index contributed by atoms with van der Waals surface area (Å²) in [5.74, 6) is 1.69. The quantitative estimate of drug-likeness (QED) is 0.354. The normalized spacial score (nSPS) is 20.6. The lowest BCUT2D eigenvalue weighted by molar-refractivity contribution is -0.125. The van der Waals surface area contributed by atoms with E-state index in [4.69, 9.17) is 9.47 Å². The van der Waals surface area contributed by atoms with Crippen molar-refractivity contribution in [2.75, 3.05) is 57.3 Å². The Balaban J connectivity index is 0.991. The van der Waals surface area contributed by atoms with Gasteiger partial charge in [-0.3, -0.25) is 14.5 Å². The highest BCUT2D eigenvalue weighted by Crippen LogP contribution is 2.50. The maximum absolute atomic E-state index is 13.9. The molecule has 1 atom stereocenters. The summed E-state index contributed by atoms with van der Waals surface area (Å²) in [6.07, 6.45) is 5.09. The predicted octanol–water partition coefficient (Wildman–Crippen LogP) is 5.34. The van der Waals surface area contributed by atoms with Gasteiger partial charge in [-0.1, -0.05) is 42.5 Å². The third kappa shape index (κ3) is 5.70. The van der Waals surface area contributed by atoms with Gasteiger partial charge in [0.15, 0.2) is 0 Å². The van der Waals surface area contributed by atoms with Gasteiger partial charge in [-0.15, -0.1) is 0 Å². The average Bonchev–Trinajstić information content (AvgIpc) is 3.39. The summed E-state index contributed by atoms with van der Waals surface area (Å²) in [4.78, 5) is 34.1. The number of para-hydroxylation sites is 2. The van der Waals surface area contributed by atoms with Crippen molar-refractivity contribution in [3.05, 3.63) is 89.0 Å². The van der Waals surface area contributed by atoms with Crippen LogP contribution in [0.1, 0.15) is 66.1 Å². The minimum Gasteiger partial charge on any atom is -0.457 e. The van der Waals surface area contributed by atoms with Crippen molar-refractivity contribution >= 4 is 17.5 Å². The summed E-state index contributed by atoms with van der Waals surface area (Å²) in [5, 5.41) is 3.15. The lowest BCUT2D eigenvalue weighted by Crippen LogP contribution is -2.49. The number of hydrogen-bond acceptors (Lipinski definition) is 6. The fraction of sp³-hybridized carbons (Fsp3) is 0.459. The van der Waals surface area contributed by atoms with Gasteiger partial charge in [-0.05, 0) is 75.4 Å². The summed E-state index contributed by atoms with van der Waals surface area (Å²) in [7, 11) is 0. The topological polar surface area (TPSA) is 74.4 Å². The van der Waals surface area contributed by atoms with Gasteiger partial charge in [0, 0.05) is 74.8 Å². The van der Waals surface area contributed by atoms with Crippen molar-refractivity contribution in [3.63, 3.8) is 0 Å². The first-order chi connectivity index (χ1) is 22.1. The highest BCUT2D eigenvalue weighted by molar-refractivity contribution is 5.99. The number of piperazine rings is 1. The molecule has 0 spiro atoms. The number of amides is 2. The Morgan fingerprint density at radius 3 is 2.38 bits per heavy atom. The molecule has 45 heavy (non-hydrogen) atoms. The number of anilines is 1. The molecule has 8 heteroatoms. The molecule has 8 nitrogen and oxygen atoms in total. The summed E-state index contributed by atoms with van der Waals surface area (Å²) in [6, 6.07) is 22.4. The van der Waals surface area contributed by atoms with Gasteiger partial charge in [0.05, 0.1) is 6.10 Å². The largest absolute Gasteiger partial charge is 0.457 e. The zero-order valence-electron chi connectivity index (χ0n) is 26.3. The lowest BCUT2D eigenvalue weighted by Gasteiger charge is -2.40. The standard InChI is InChI=1S/C37H44N4O4/c1-2-38-36(43)37(31-11-3-5-13-33(31)45-34-14-6-4-12-32(34)37)17-9-18-39-19-21-40(22-20-39)28-16-15-27-25-41(35(42)30(27)24-28)26-29-10-7-8-23-44-29/h3-6,11-16,24,29H,2,7-10,17-23,25-26H2,1H3,(H,38,43). The first kappa shape index (κ1) is 29.8. The number of fused-ring (bicyclic) bond motifs is 3. The van der Waals surface area contributed by atoms with Crippen molar-refractivity contribution in [3.8, 4) is 11.5 Å². The summed E-state index contributed by atoms with van der Waals surface area (Å²) in [5.41, 5.74) is 4.18. The molecule has 0 radical (unpaired) electrons. The molecule has 0 aliphatic carbocycles. The molecule has 7 rings (SSSR count). The Morgan fingerprint density at radius 1 is 0.956 bits per heavy atom. The number of rotatable bonds is 9. The third-order valence-electron chi connectivity index (χ3n) is 10.1. The van der Waals surface area contributed by atoms with Gasteiger partial charge in [-0.25, -0.2) is 0 Å². The van der Waals surface area contributed by atoms with Crippen LogP contribution in [0.4, 0.5) is 5.69 Å². The molecule has 2 saturated heterocycles. The molecule has 1 unspecified atom stereocenters. The molecular weight excluding hydrogens is 564 g/mol. The number of nitrogens with zero attached hydrogens (tertiary/aromatic N) is 3. The van der Waals surface area contributed by atoms with Crippen LogP contribution in [0, 0.1) is 0 Å². The van der Waals surface area contributed by atoms with Crippen LogP contribution in [0.5, 0.6) is 11.5 Å². The Kier molecular flexibility index (Phi) is 8.51. The molecule has 3 aromatic carbocycles. The van der Waals surface area contributed by atoms with Crippen LogP contribution in [0.15, 0.2) is 66.7 Å². The Labute approximate surface area is 266 Å². The van der Waals surface area contributed by atoms with E-state index in [1.807, 2.05) is 60.4 Å². The molecular formula is C37H44N4O4. The zero-order chi connectivity index (χ0) is 30.8. The van der Waals surface area contributed by atoms with Crippen LogP contribution in [0.3, 0.4) is 0 Å². The maximum Gasteiger partial charge on any atom is 0.254 e. The number of carbonyl (C=O) groups is 2. The summed E-state index contributed by atoms with van der Waals surface area (Å²) in [6.45, 7) is 9.36. The van der Waals surface area contributed by atoms with Crippen molar-refractivity contribution in [2.24, 2.45) is 0 Å². The highest BCUT2D eigenvalue weighted by Gasteiger charge is 2.47. The van der Waals surface area contributed by atoms with E-state index in [-0.39, 0.29) is 17.9 Å². The van der Waals surface area contributed by atoms with Crippen LogP contribution in [0.25, 0.3) is 0 Å². The van der Waals surface area contributed by atoms with E-state index in [0.29, 0.717) is 26.1 Å². The second kappa shape index (κ2) is 12.9. The van der Waals surface area contributed by atoms with Gasteiger partial charge in [-0.2, -0.15) is 0 Å². The van der Waals surface area contributed by atoms with Crippen LogP contribution in [0.2, 0.25) is 0 Å². The molecule has 236 valence electrons. The molecule has 4 heterocycles. The van der Waals surface area contributed by atoms with E-state index in [2.05, 4.69) is 33.3 Å². The Hall–Kier alpha value is -3.88. The molecule has 2 fully saturated rings. The monoisotopic (exact) mass is 608 g/mol. The zero-order valence-corrected chi connectivity index (χ0v) is 26.3. The summed E-state index contributed by atoms with van der Waals surface area (Å²) < 4.78 is 12.2. The molecule has 4 aliphatic rings. The minimum absolute atomic E-state index is 0.0361. The summed E-state index contributed by atoms with van der Waals surface area (Å²) >= 11 is 0. The van der Waals surface area contributed by atoms with Crippen LogP contribution in [-0.4, -0.2) is 80.1 Å². The fourth-order valence-corrected chi connectivity index (χ4v) is 7.71. The van der Waals surface area contributed by atoms with Crippen LogP contribution >= 0.6 is 0 Å². The van der Waals surface area contributed by atoms with Gasteiger partial charge >= 0.3 is 0 Å². The molecule has 0 saturated carbocycles. The molecule has 4 aliphatic heterocycles. The predicted molar refractivity (Wildman–Crippen MR) is 175 cm³/mol. The average molecular weight is 609 g/mol. The number of benzene rings is 3. The van der Waals surface area contributed by atoms with E-state index in [9.17, 15) is 9.59 Å². The van der Waals surface area contributed by atoms with Gasteiger partial charge < -0.3 is 24.6 Å². The third-order valence-corrected chi connectivity index (χ3v) is 10.1. The SMILES string of the molecule is CCNC(=O)C1(CCCN2CCN(c3ccc4c(c3)C(=O)N(CC3CCCCO3)C4)CC2)c2ccccc2Oc2ccccc21. The molecule has 2 amide bonds. The fourth-order valence-electron chi connectivity index (χ4n) is 7.71. The van der Waals surface area contributed by atoms with E-state index >= 15 is 0 Å². The Morgan fingerprint density at radius 2 is 1.69 bits per heavy atom. The number of hydrogen-bond donors (Lipinski definition) is 1. The van der Waals surface area contributed by atoms with Crippen molar-refractivity contribution < 1.29 is 19.1 Å². The van der Waals surface area contributed by atoms with Crippen LogP contribution in [-0.2, 0) is 21.5 Å². The van der Waals surface area contributed by atoms with E-state index < -0.39 is 5.41 Å². The van der Waals surface area contributed by atoms with Gasteiger partial charge in [0.1, 0.15) is 16.9 Å². The Bertz CT molecular complexity index is 1500. The molecule has 0 bridgehead atoms. The van der Waals surface area contributed by atoms with Crippen LogP contribution < -0.4 is 15.0 Å². The molecule has 3 aromatic rings. The van der Waals surface area contributed by atoms with E-state index in [0.717, 1.165) is 98.0 Å². The van der Waals surface area contributed by atoms with Crippen molar-refractivity contribution in [1.29, 1.82) is 0 Å². The second-order valence-corrected chi connectivity index (χ2v) is 12.8. The number of nitrogens with one attached hydrogen (secondary N) is 1. The van der Waals surface area contributed by atoms with E-state index in [1.165, 1.54) is 6.42 Å². The van der Waals surface area contributed by atoms with Gasteiger partial charge in [0.2, 0.25) is 5.91 Å². The van der Waals surface area contributed by atoms with Crippen molar-refractivity contribution in [2.45, 2.75) is 57.1 Å². The minimum atomic E-state index is -0.794. The second-order valence-electron chi connectivity index (χ2n) is 12.8. The number of ether oxygens (including phenoxy) is 2.